The second-order valence-electron chi connectivity index (χ2n) is 7.53. The van der Waals surface area contributed by atoms with Crippen molar-refractivity contribution in [3.63, 3.8) is 0 Å². The van der Waals surface area contributed by atoms with Gasteiger partial charge in [0.1, 0.15) is 16.8 Å². The maximum Gasteiger partial charge on any atom is 0.311 e. The predicted octanol–water partition coefficient (Wildman–Crippen LogP) is 5.12. The molecule has 1 atom stereocenters. The molecule has 0 saturated carbocycles. The molecular weight excluding hydrogens is 438 g/mol. The third-order valence-electron chi connectivity index (χ3n) is 5.00. The van der Waals surface area contributed by atoms with Gasteiger partial charge in [-0.05, 0) is 60.4 Å². The van der Waals surface area contributed by atoms with E-state index in [9.17, 15) is 13.2 Å². The number of carbonyl (C=O) groups is 1. The van der Waals surface area contributed by atoms with E-state index in [-0.39, 0.29) is 18.7 Å². The summed E-state index contributed by atoms with van der Waals surface area (Å²) in [4.78, 5) is 16.5. The minimum absolute atomic E-state index is 0.0459. The summed E-state index contributed by atoms with van der Waals surface area (Å²) in [5.74, 6) is 0.0499. The Labute approximate surface area is 194 Å². The van der Waals surface area contributed by atoms with E-state index in [0.29, 0.717) is 23.4 Å². The lowest BCUT2D eigenvalue weighted by atomic mass is 10.1. The lowest BCUT2D eigenvalue weighted by molar-refractivity contribution is -0.134. The molecule has 0 radical (unpaired) electrons. The first-order valence-corrected chi connectivity index (χ1v) is 12.3. The molecule has 2 N–H and O–H groups in total. The van der Waals surface area contributed by atoms with Gasteiger partial charge in [-0.25, -0.2) is 13.4 Å². The van der Waals surface area contributed by atoms with Gasteiger partial charge in [-0.3, -0.25) is 9.52 Å². The first-order valence-electron chi connectivity index (χ1n) is 10.7. The number of hydrogen-bond donors (Lipinski definition) is 2. The molecule has 2 aromatic carbocycles. The molecule has 172 valence electrons. The minimum Gasteiger partial charge on any atom is -0.427 e. The Morgan fingerprint density at radius 2 is 1.70 bits per heavy atom. The highest BCUT2D eigenvalue weighted by Crippen LogP contribution is 2.29. The van der Waals surface area contributed by atoms with Gasteiger partial charge in [0.15, 0.2) is 0 Å². The average Bonchev–Trinajstić information content (AvgIpc) is 2.81. The number of pyridine rings is 1. The van der Waals surface area contributed by atoms with Crippen LogP contribution in [0.5, 0.6) is 5.75 Å². The molecule has 0 aliphatic heterocycles. The number of ether oxygens (including phenoxy) is 1. The lowest BCUT2D eigenvalue weighted by Gasteiger charge is -2.18. The van der Waals surface area contributed by atoms with E-state index < -0.39 is 21.2 Å². The summed E-state index contributed by atoms with van der Waals surface area (Å²) in [5.41, 5.74) is 1.90. The van der Waals surface area contributed by atoms with Gasteiger partial charge in [-0.1, -0.05) is 49.7 Å². The monoisotopic (exact) mass is 465 g/mol. The molecule has 0 amide bonds. The van der Waals surface area contributed by atoms with E-state index in [2.05, 4.69) is 9.71 Å². The quantitative estimate of drug-likeness (QED) is 0.232. The molecule has 7 nitrogen and oxygen atoms in total. The molecule has 1 heterocycles. The van der Waals surface area contributed by atoms with Gasteiger partial charge in [0.25, 0.3) is 0 Å². The summed E-state index contributed by atoms with van der Waals surface area (Å²) >= 11 is 0. The van der Waals surface area contributed by atoms with Gasteiger partial charge in [-0.2, -0.15) is 0 Å². The van der Waals surface area contributed by atoms with Crippen molar-refractivity contribution in [1.29, 1.82) is 5.41 Å². The molecule has 0 aliphatic carbocycles. The van der Waals surface area contributed by atoms with Gasteiger partial charge >= 0.3 is 5.97 Å². The number of aromatic nitrogens is 1. The van der Waals surface area contributed by atoms with Crippen LogP contribution in [0, 0.1) is 5.41 Å². The molecule has 1 aromatic heterocycles. The maximum atomic E-state index is 13.1. The third-order valence-corrected chi connectivity index (χ3v) is 6.75. The minimum atomic E-state index is -3.86. The molecule has 33 heavy (non-hydrogen) atoms. The zero-order valence-corrected chi connectivity index (χ0v) is 19.2. The van der Waals surface area contributed by atoms with E-state index in [0.717, 1.165) is 12.0 Å². The van der Waals surface area contributed by atoms with Crippen molar-refractivity contribution in [2.75, 3.05) is 4.72 Å². The molecule has 0 fully saturated rings. The van der Waals surface area contributed by atoms with Crippen molar-refractivity contribution in [1.82, 2.24) is 4.98 Å². The number of hydrogen-bond acceptors (Lipinski definition) is 6. The Kier molecular flexibility index (Phi) is 8.32. The third kappa shape index (κ3) is 6.98. The zero-order chi connectivity index (χ0) is 23.7. The van der Waals surface area contributed by atoms with E-state index in [1.165, 1.54) is 6.20 Å². The second-order valence-corrected chi connectivity index (χ2v) is 9.39. The summed E-state index contributed by atoms with van der Waals surface area (Å²) in [6, 6.07) is 20.5. The molecule has 8 heteroatoms. The molecule has 1 unspecified atom stereocenters. The van der Waals surface area contributed by atoms with E-state index in [4.69, 9.17) is 10.1 Å². The Morgan fingerprint density at radius 3 is 2.33 bits per heavy atom. The fourth-order valence-electron chi connectivity index (χ4n) is 3.36. The largest absolute Gasteiger partial charge is 0.427 e. The van der Waals surface area contributed by atoms with Crippen LogP contribution in [0.1, 0.15) is 49.0 Å². The maximum absolute atomic E-state index is 13.1. The van der Waals surface area contributed by atoms with Gasteiger partial charge in [-0.15, -0.1) is 0 Å². The molecule has 0 aliphatic rings. The Morgan fingerprint density at radius 1 is 1.00 bits per heavy atom. The van der Waals surface area contributed by atoms with Crippen LogP contribution in [-0.2, 0) is 14.8 Å². The number of carbonyl (C=O) groups excluding carboxylic acids is 1. The number of sulfonamides is 1. The molecule has 3 rings (SSSR count). The number of nitrogens with zero attached hydrogens (tertiary/aromatic N) is 1. The van der Waals surface area contributed by atoms with Crippen molar-refractivity contribution in [3.05, 3.63) is 90.1 Å². The van der Waals surface area contributed by atoms with Crippen molar-refractivity contribution in [2.24, 2.45) is 0 Å². The van der Waals surface area contributed by atoms with Crippen molar-refractivity contribution in [2.45, 2.75) is 37.9 Å². The highest BCUT2D eigenvalue weighted by Gasteiger charge is 2.28. The molecular formula is C25H27N3O4S. The van der Waals surface area contributed by atoms with Gasteiger partial charge in [0.2, 0.25) is 10.0 Å². The van der Waals surface area contributed by atoms with Crippen molar-refractivity contribution in [3.8, 4) is 5.75 Å². The Balaban J connectivity index is 1.68. The summed E-state index contributed by atoms with van der Waals surface area (Å²) in [5, 5.41) is 7.05. The Bertz CT molecular complexity index is 1170. The topological polar surface area (TPSA) is 109 Å². The van der Waals surface area contributed by atoms with Gasteiger partial charge < -0.3 is 10.1 Å². The van der Waals surface area contributed by atoms with E-state index in [1.807, 2.05) is 6.92 Å². The number of nitrogens with one attached hydrogen (secondary N) is 2. The molecule has 0 spiro atoms. The molecule has 0 saturated heterocycles. The van der Waals surface area contributed by atoms with Crippen LogP contribution in [-0.4, -0.2) is 25.1 Å². The summed E-state index contributed by atoms with van der Waals surface area (Å²) in [7, 11) is -3.86. The van der Waals surface area contributed by atoms with Crippen LogP contribution in [0.4, 0.5) is 5.82 Å². The average molecular weight is 466 g/mol. The predicted molar refractivity (Wildman–Crippen MR) is 129 cm³/mol. The molecule has 3 aromatic rings. The highest BCUT2D eigenvalue weighted by atomic mass is 32.2. The molecule has 0 bridgehead atoms. The SMILES string of the molecule is CCCC(=N)c1ccc(OC(=O)CCC(c2ccccc2)S(=O)(=O)Nc2ccccn2)cc1. The van der Waals surface area contributed by atoms with E-state index >= 15 is 0 Å². The van der Waals surface area contributed by atoms with Crippen LogP contribution < -0.4 is 9.46 Å². The van der Waals surface area contributed by atoms with Crippen molar-refractivity contribution >= 4 is 27.5 Å². The first-order chi connectivity index (χ1) is 15.9. The number of anilines is 1. The van der Waals surface area contributed by atoms with Crippen molar-refractivity contribution < 1.29 is 17.9 Å². The smallest absolute Gasteiger partial charge is 0.311 e. The number of rotatable bonds is 11. The van der Waals surface area contributed by atoms with Crippen LogP contribution in [0.15, 0.2) is 79.0 Å². The van der Waals surface area contributed by atoms with Crippen LogP contribution in [0.25, 0.3) is 0 Å². The van der Waals surface area contributed by atoms with Crippen LogP contribution in [0.3, 0.4) is 0 Å². The summed E-state index contributed by atoms with van der Waals surface area (Å²) in [6.45, 7) is 2.01. The highest BCUT2D eigenvalue weighted by molar-refractivity contribution is 7.92. The number of benzene rings is 2. The van der Waals surface area contributed by atoms with Gasteiger partial charge in [0.05, 0.1) is 0 Å². The Hall–Kier alpha value is -3.52. The van der Waals surface area contributed by atoms with Crippen LogP contribution >= 0.6 is 0 Å². The lowest BCUT2D eigenvalue weighted by Crippen LogP contribution is -2.23. The summed E-state index contributed by atoms with van der Waals surface area (Å²) in [6.07, 6.45) is 3.03. The zero-order valence-electron chi connectivity index (χ0n) is 18.4. The number of esters is 1. The standard InChI is InChI=1S/C25H27N3O4S/c1-2-8-22(26)19-12-14-21(15-13-19)32-25(29)17-16-23(20-9-4-3-5-10-20)33(30,31)28-24-11-6-7-18-27-24/h3-7,9-15,18,23,26H,2,8,16-17H2,1H3,(H,27,28). The normalized spacial score (nSPS) is 12.0. The second kappa shape index (κ2) is 11.4. The first kappa shape index (κ1) is 24.1. The fraction of sp³-hybridized carbons (Fsp3) is 0.240. The fourth-order valence-corrected chi connectivity index (χ4v) is 4.86. The van der Waals surface area contributed by atoms with E-state index in [1.54, 1.807) is 72.8 Å². The van der Waals surface area contributed by atoms with Gasteiger partial charge in [0, 0.05) is 18.3 Å². The van der Waals surface area contributed by atoms with Crippen LogP contribution in [0.2, 0.25) is 0 Å². The summed E-state index contributed by atoms with van der Waals surface area (Å²) < 4.78 is 34.1.